The summed E-state index contributed by atoms with van der Waals surface area (Å²) in [4.78, 5) is 14.9. The summed E-state index contributed by atoms with van der Waals surface area (Å²) in [5, 5.41) is 3.38. The molecular formula is C26H24ClF3N2O4. The summed E-state index contributed by atoms with van der Waals surface area (Å²) in [5.41, 5.74) is 1.44. The Morgan fingerprint density at radius 1 is 1.06 bits per heavy atom. The fourth-order valence-electron chi connectivity index (χ4n) is 4.12. The molecule has 4 rings (SSSR count). The Morgan fingerprint density at radius 2 is 1.75 bits per heavy atom. The number of urea groups is 1. The highest BCUT2D eigenvalue weighted by Gasteiger charge is 2.34. The topological polar surface area (TPSA) is 60.0 Å². The number of nitrogens with one attached hydrogen (secondary N) is 1. The molecule has 0 radical (unpaired) electrons. The van der Waals surface area contributed by atoms with Crippen molar-refractivity contribution in [2.45, 2.75) is 18.6 Å². The Bertz CT molecular complexity index is 1230. The Hall–Kier alpha value is -3.59. The van der Waals surface area contributed by atoms with E-state index < -0.39 is 17.8 Å². The predicted octanol–water partition coefficient (Wildman–Crippen LogP) is 6.59. The molecule has 2 amide bonds. The van der Waals surface area contributed by atoms with E-state index in [0.717, 1.165) is 23.3 Å². The number of hydrogen-bond donors (Lipinski definition) is 1. The molecule has 0 saturated heterocycles. The van der Waals surface area contributed by atoms with Crippen LogP contribution in [0.25, 0.3) is 0 Å². The van der Waals surface area contributed by atoms with Gasteiger partial charge in [-0.3, -0.25) is 0 Å². The molecule has 1 unspecified atom stereocenters. The van der Waals surface area contributed by atoms with Gasteiger partial charge in [0.1, 0.15) is 12.4 Å². The molecule has 3 aromatic carbocycles. The predicted molar refractivity (Wildman–Crippen MR) is 130 cm³/mol. The molecule has 10 heteroatoms. The minimum atomic E-state index is -4.49. The number of alkyl halides is 3. The summed E-state index contributed by atoms with van der Waals surface area (Å²) >= 11 is 5.94. The number of benzene rings is 3. The number of hydrogen-bond acceptors (Lipinski definition) is 4. The second kappa shape index (κ2) is 10.6. The Balaban J connectivity index is 1.64. The van der Waals surface area contributed by atoms with E-state index in [-0.39, 0.29) is 18.4 Å². The van der Waals surface area contributed by atoms with Gasteiger partial charge in [0.05, 0.1) is 25.8 Å². The van der Waals surface area contributed by atoms with Gasteiger partial charge in [-0.05, 0) is 72.1 Å². The first-order valence-corrected chi connectivity index (χ1v) is 11.5. The molecule has 1 aliphatic rings. The molecule has 0 aliphatic carbocycles. The normalized spacial score (nSPS) is 15.2. The molecule has 0 saturated carbocycles. The second-order valence-corrected chi connectivity index (χ2v) is 8.58. The Labute approximate surface area is 211 Å². The van der Waals surface area contributed by atoms with Gasteiger partial charge in [0, 0.05) is 17.3 Å². The van der Waals surface area contributed by atoms with Gasteiger partial charge in [-0.2, -0.15) is 13.2 Å². The minimum Gasteiger partial charge on any atom is -0.493 e. The fourth-order valence-corrected chi connectivity index (χ4v) is 4.24. The van der Waals surface area contributed by atoms with Crippen LogP contribution in [0.4, 0.5) is 23.7 Å². The molecular weight excluding hydrogens is 497 g/mol. The minimum absolute atomic E-state index is 0.0514. The van der Waals surface area contributed by atoms with Gasteiger partial charge in [0.15, 0.2) is 11.5 Å². The van der Waals surface area contributed by atoms with Crippen molar-refractivity contribution in [1.82, 2.24) is 4.90 Å². The van der Waals surface area contributed by atoms with Crippen molar-refractivity contribution in [3.8, 4) is 17.2 Å². The van der Waals surface area contributed by atoms with Crippen LogP contribution in [0.3, 0.4) is 0 Å². The smallest absolute Gasteiger partial charge is 0.416 e. The number of ether oxygens (including phenoxy) is 3. The van der Waals surface area contributed by atoms with Crippen LogP contribution in [0.5, 0.6) is 17.2 Å². The third-order valence-electron chi connectivity index (χ3n) is 5.93. The van der Waals surface area contributed by atoms with Crippen LogP contribution < -0.4 is 19.5 Å². The summed E-state index contributed by atoms with van der Waals surface area (Å²) in [6, 6.07) is 14.0. The van der Waals surface area contributed by atoms with Gasteiger partial charge in [0.2, 0.25) is 0 Å². The molecule has 190 valence electrons. The van der Waals surface area contributed by atoms with Crippen molar-refractivity contribution < 1.29 is 32.2 Å². The first-order chi connectivity index (χ1) is 17.2. The van der Waals surface area contributed by atoms with Gasteiger partial charge in [0.25, 0.3) is 0 Å². The van der Waals surface area contributed by atoms with Gasteiger partial charge in [-0.15, -0.1) is 0 Å². The van der Waals surface area contributed by atoms with E-state index in [9.17, 15) is 18.0 Å². The first kappa shape index (κ1) is 25.5. The summed E-state index contributed by atoms with van der Waals surface area (Å²) in [7, 11) is 3.04. The van der Waals surface area contributed by atoms with E-state index in [1.54, 1.807) is 35.2 Å². The average Bonchev–Trinajstić information content (AvgIpc) is 2.87. The summed E-state index contributed by atoms with van der Waals surface area (Å²) in [6.45, 7) is 0.288. The average molecular weight is 521 g/mol. The van der Waals surface area contributed by atoms with Crippen LogP contribution in [0, 0.1) is 0 Å². The number of amides is 2. The first-order valence-electron chi connectivity index (χ1n) is 11.1. The molecule has 1 atom stereocenters. The van der Waals surface area contributed by atoms with E-state index in [0.29, 0.717) is 35.2 Å². The number of rotatable bonds is 6. The van der Waals surface area contributed by atoms with E-state index in [1.807, 2.05) is 6.07 Å². The van der Waals surface area contributed by atoms with Crippen LogP contribution in [-0.2, 0) is 12.6 Å². The molecule has 1 aliphatic heterocycles. The fraction of sp³-hybridized carbons (Fsp3) is 0.269. The molecule has 0 bridgehead atoms. The lowest BCUT2D eigenvalue weighted by molar-refractivity contribution is -0.137. The number of nitrogens with zero attached hydrogens (tertiary/aromatic N) is 1. The number of methoxy groups -OCH3 is 2. The molecule has 6 nitrogen and oxygen atoms in total. The molecule has 0 fully saturated rings. The summed E-state index contributed by atoms with van der Waals surface area (Å²) < 4.78 is 56.2. The van der Waals surface area contributed by atoms with E-state index in [4.69, 9.17) is 25.8 Å². The number of anilines is 1. The second-order valence-electron chi connectivity index (χ2n) is 8.14. The molecule has 0 aromatic heterocycles. The van der Waals surface area contributed by atoms with Crippen LogP contribution in [-0.4, -0.2) is 38.3 Å². The van der Waals surface area contributed by atoms with Crippen LogP contribution in [0.2, 0.25) is 5.02 Å². The molecule has 1 heterocycles. The van der Waals surface area contributed by atoms with Gasteiger partial charge < -0.3 is 24.4 Å². The third-order valence-corrected chi connectivity index (χ3v) is 6.18. The maximum atomic E-state index is 13.3. The number of carbonyl (C=O) groups excluding carboxylic acids is 1. The SMILES string of the molecule is COc1cc2c(cc1OC)C(COc1cccc(C(F)(F)F)c1)N(C(=O)Nc1ccc(Cl)cc1)CC2. The van der Waals surface area contributed by atoms with E-state index in [2.05, 4.69) is 5.32 Å². The van der Waals surface area contributed by atoms with Crippen molar-refractivity contribution in [2.24, 2.45) is 0 Å². The van der Waals surface area contributed by atoms with Crippen molar-refractivity contribution in [3.63, 3.8) is 0 Å². The standard InChI is InChI=1S/C26H24ClF3N2O4/c1-34-23-12-16-10-11-32(25(33)31-19-8-6-18(27)7-9-19)22(21(16)14-24(23)35-2)15-36-20-5-3-4-17(13-20)26(28,29)30/h3-9,12-14,22H,10-11,15H2,1-2H3,(H,31,33). The quantitative estimate of drug-likeness (QED) is 0.398. The maximum Gasteiger partial charge on any atom is 0.416 e. The number of carbonyl (C=O) groups is 1. The highest BCUT2D eigenvalue weighted by molar-refractivity contribution is 6.30. The van der Waals surface area contributed by atoms with Crippen LogP contribution >= 0.6 is 11.6 Å². The highest BCUT2D eigenvalue weighted by Crippen LogP contribution is 2.39. The van der Waals surface area contributed by atoms with E-state index >= 15 is 0 Å². The lowest BCUT2D eigenvalue weighted by Crippen LogP contribution is -2.44. The molecule has 1 N–H and O–H groups in total. The number of halogens is 4. The van der Waals surface area contributed by atoms with Crippen molar-refractivity contribution in [3.05, 3.63) is 82.4 Å². The van der Waals surface area contributed by atoms with Crippen LogP contribution in [0.1, 0.15) is 22.7 Å². The summed E-state index contributed by atoms with van der Waals surface area (Å²) in [5.74, 6) is 1.07. The van der Waals surface area contributed by atoms with Crippen LogP contribution in [0.15, 0.2) is 60.7 Å². The molecule has 36 heavy (non-hydrogen) atoms. The third kappa shape index (κ3) is 5.62. The van der Waals surface area contributed by atoms with Gasteiger partial charge in [-0.1, -0.05) is 17.7 Å². The Kier molecular flexibility index (Phi) is 7.49. The van der Waals surface area contributed by atoms with Crippen molar-refractivity contribution in [1.29, 1.82) is 0 Å². The van der Waals surface area contributed by atoms with Crippen molar-refractivity contribution in [2.75, 3.05) is 32.7 Å². The lowest BCUT2D eigenvalue weighted by atomic mass is 9.92. The number of fused-ring (bicyclic) bond motifs is 1. The maximum absolute atomic E-state index is 13.3. The van der Waals surface area contributed by atoms with Gasteiger partial charge >= 0.3 is 12.2 Å². The molecule has 3 aromatic rings. The zero-order valence-electron chi connectivity index (χ0n) is 19.6. The zero-order chi connectivity index (χ0) is 25.9. The van der Waals surface area contributed by atoms with Crippen molar-refractivity contribution >= 4 is 23.3 Å². The monoisotopic (exact) mass is 520 g/mol. The zero-order valence-corrected chi connectivity index (χ0v) is 20.3. The summed E-state index contributed by atoms with van der Waals surface area (Å²) in [6.07, 6.45) is -3.95. The molecule has 0 spiro atoms. The highest BCUT2D eigenvalue weighted by atomic mass is 35.5. The van der Waals surface area contributed by atoms with Gasteiger partial charge in [-0.25, -0.2) is 4.79 Å². The van der Waals surface area contributed by atoms with E-state index in [1.165, 1.54) is 26.4 Å². The lowest BCUT2D eigenvalue weighted by Gasteiger charge is -2.37. The largest absolute Gasteiger partial charge is 0.493 e. The Morgan fingerprint density at radius 3 is 2.42 bits per heavy atom.